The summed E-state index contributed by atoms with van der Waals surface area (Å²) in [5.74, 6) is -0.901. The van der Waals surface area contributed by atoms with E-state index in [1.807, 2.05) is 27.9 Å². The first kappa shape index (κ1) is 30.1. The minimum absolute atomic E-state index is 0.567. The van der Waals surface area contributed by atoms with Crippen molar-refractivity contribution in [2.75, 3.05) is 14.1 Å². The number of ether oxygens (including phenoxy) is 2. The van der Waals surface area contributed by atoms with Crippen LogP contribution in [0.3, 0.4) is 0 Å². The van der Waals surface area contributed by atoms with Gasteiger partial charge in [-0.25, -0.2) is 4.67 Å². The number of fused-ring (bicyclic) bond motifs is 1. The van der Waals surface area contributed by atoms with Crippen LogP contribution in [-0.4, -0.2) is 36.8 Å². The van der Waals surface area contributed by atoms with Crippen molar-refractivity contribution in [1.29, 1.82) is 0 Å². The van der Waals surface area contributed by atoms with Gasteiger partial charge in [-0.1, -0.05) is 119 Å². The van der Waals surface area contributed by atoms with E-state index in [2.05, 4.69) is 129 Å². The summed E-state index contributed by atoms with van der Waals surface area (Å²) in [5, 5.41) is 0. The highest BCUT2D eigenvalue weighted by Crippen LogP contribution is 2.65. The molecule has 6 heteroatoms. The lowest BCUT2D eigenvalue weighted by molar-refractivity contribution is -0.175. The quantitative estimate of drug-likeness (QED) is 0.217. The van der Waals surface area contributed by atoms with Gasteiger partial charge in [0, 0.05) is 0 Å². The molecule has 2 aliphatic rings. The number of benzene rings is 4. The van der Waals surface area contributed by atoms with Gasteiger partial charge in [-0.15, -0.1) is 0 Å². The zero-order valence-corrected chi connectivity index (χ0v) is 27.3. The van der Waals surface area contributed by atoms with Gasteiger partial charge in [0.1, 0.15) is 12.2 Å². The summed E-state index contributed by atoms with van der Waals surface area (Å²) in [6, 6.07) is 34.4. The SMILES string of the molecule is Cc1ccc(C2(c3ccc(C)cc3)OP(N(C)C)OC(c3ccc(C)cc3)(c3ccc(C)cc3)[C@@H]3OC(C)(C)O[C@H]32)cc1. The third-order valence-electron chi connectivity index (χ3n) is 8.59. The second kappa shape index (κ2) is 11.2. The van der Waals surface area contributed by atoms with Crippen molar-refractivity contribution in [2.24, 2.45) is 0 Å². The molecule has 0 aliphatic carbocycles. The van der Waals surface area contributed by atoms with Crippen molar-refractivity contribution >= 4 is 8.53 Å². The Morgan fingerprint density at radius 2 is 0.744 bits per heavy atom. The van der Waals surface area contributed by atoms with Gasteiger partial charge in [0.15, 0.2) is 17.0 Å². The van der Waals surface area contributed by atoms with E-state index in [0.717, 1.165) is 22.3 Å². The molecular formula is C37H42NO4P. The molecule has 2 atom stereocenters. The summed E-state index contributed by atoms with van der Waals surface area (Å²) in [6.45, 7) is 12.4. The topological polar surface area (TPSA) is 40.2 Å². The molecule has 2 saturated heterocycles. The third kappa shape index (κ3) is 5.27. The zero-order chi connectivity index (χ0) is 30.6. The van der Waals surface area contributed by atoms with Crippen LogP contribution in [0.4, 0.5) is 0 Å². The second-order valence-electron chi connectivity index (χ2n) is 12.7. The van der Waals surface area contributed by atoms with Gasteiger partial charge < -0.3 is 18.5 Å². The molecule has 0 bridgehead atoms. The Morgan fingerprint density at radius 1 is 0.488 bits per heavy atom. The molecule has 224 valence electrons. The summed E-state index contributed by atoms with van der Waals surface area (Å²) in [5.41, 5.74) is 6.64. The number of hydrogen-bond donors (Lipinski definition) is 0. The predicted octanol–water partition coefficient (Wildman–Crippen LogP) is 8.46. The van der Waals surface area contributed by atoms with E-state index < -0.39 is 37.7 Å². The average molecular weight is 596 g/mol. The second-order valence-corrected chi connectivity index (χ2v) is 14.3. The van der Waals surface area contributed by atoms with Crippen molar-refractivity contribution in [3.63, 3.8) is 0 Å². The maximum absolute atomic E-state index is 7.43. The number of hydrogen-bond acceptors (Lipinski definition) is 5. The molecule has 0 saturated carbocycles. The van der Waals surface area contributed by atoms with Crippen LogP contribution in [-0.2, 0) is 29.7 Å². The minimum atomic E-state index is -1.64. The molecule has 0 N–H and O–H groups in total. The van der Waals surface area contributed by atoms with E-state index in [0.29, 0.717) is 0 Å². The molecule has 2 aliphatic heterocycles. The molecule has 4 aromatic carbocycles. The Bertz CT molecular complexity index is 1360. The molecule has 2 fully saturated rings. The molecular weight excluding hydrogens is 553 g/mol. The monoisotopic (exact) mass is 595 g/mol. The van der Waals surface area contributed by atoms with Gasteiger partial charge >= 0.3 is 0 Å². The minimum Gasteiger partial charge on any atom is -0.341 e. The summed E-state index contributed by atoms with van der Waals surface area (Å²) < 4.78 is 31.0. The van der Waals surface area contributed by atoms with E-state index in [9.17, 15) is 0 Å². The highest BCUT2D eigenvalue weighted by atomic mass is 31.2. The van der Waals surface area contributed by atoms with E-state index in [4.69, 9.17) is 18.5 Å². The molecule has 0 aromatic heterocycles. The van der Waals surface area contributed by atoms with Gasteiger partial charge in [-0.05, 0) is 77.9 Å². The van der Waals surface area contributed by atoms with E-state index in [1.165, 1.54) is 22.3 Å². The first-order chi connectivity index (χ1) is 20.4. The maximum atomic E-state index is 7.43. The normalized spacial score (nSPS) is 22.7. The Balaban J connectivity index is 1.71. The van der Waals surface area contributed by atoms with Crippen molar-refractivity contribution in [3.05, 3.63) is 142 Å². The first-order valence-corrected chi connectivity index (χ1v) is 16.1. The summed E-state index contributed by atoms with van der Waals surface area (Å²) >= 11 is 0. The third-order valence-corrected chi connectivity index (χ3v) is 10.1. The average Bonchev–Trinajstić information content (AvgIpc) is 3.25. The molecule has 43 heavy (non-hydrogen) atoms. The van der Waals surface area contributed by atoms with Gasteiger partial charge in [0.05, 0.1) is 0 Å². The highest BCUT2D eigenvalue weighted by molar-refractivity contribution is 7.44. The molecule has 0 spiro atoms. The lowest BCUT2D eigenvalue weighted by Gasteiger charge is -2.41. The highest BCUT2D eigenvalue weighted by Gasteiger charge is 2.67. The fourth-order valence-electron chi connectivity index (χ4n) is 6.29. The molecule has 2 heterocycles. The van der Waals surface area contributed by atoms with Crippen LogP contribution in [0.2, 0.25) is 0 Å². The summed E-state index contributed by atoms with van der Waals surface area (Å²) in [4.78, 5) is 0. The van der Waals surface area contributed by atoms with E-state index >= 15 is 0 Å². The van der Waals surface area contributed by atoms with Gasteiger partial charge in [-0.2, -0.15) is 0 Å². The van der Waals surface area contributed by atoms with Gasteiger partial charge in [0.2, 0.25) is 0 Å². The van der Waals surface area contributed by atoms with Gasteiger partial charge in [0.25, 0.3) is 8.53 Å². The largest absolute Gasteiger partial charge is 0.341 e. The van der Waals surface area contributed by atoms with Gasteiger partial charge in [-0.3, -0.25) is 0 Å². The zero-order valence-electron chi connectivity index (χ0n) is 26.4. The first-order valence-electron chi connectivity index (χ1n) is 14.9. The predicted molar refractivity (Wildman–Crippen MR) is 173 cm³/mol. The smallest absolute Gasteiger partial charge is 0.260 e. The lowest BCUT2D eigenvalue weighted by Crippen LogP contribution is -2.53. The standard InChI is InChI=1S/C37H42NO4P/c1-25-9-17-29(18-10-25)36(30-19-11-26(2)12-20-30)33-34(40-35(5,6)39-33)37(42-43(41-36)38(7)8,31-21-13-27(3)14-22-31)32-23-15-28(4)16-24-32/h9-24,33-34H,1-8H3/t33-,34-/m1/s1. The van der Waals surface area contributed by atoms with Crippen molar-refractivity contribution in [1.82, 2.24) is 4.67 Å². The maximum Gasteiger partial charge on any atom is 0.260 e. The lowest BCUT2D eigenvalue weighted by atomic mass is 9.71. The van der Waals surface area contributed by atoms with E-state index in [-0.39, 0.29) is 0 Å². The summed E-state index contributed by atoms with van der Waals surface area (Å²) in [6.07, 6.45) is -1.13. The van der Waals surface area contributed by atoms with Crippen molar-refractivity contribution in [3.8, 4) is 0 Å². The van der Waals surface area contributed by atoms with Crippen molar-refractivity contribution < 1.29 is 18.5 Å². The van der Waals surface area contributed by atoms with Crippen molar-refractivity contribution in [2.45, 2.75) is 70.7 Å². The number of rotatable bonds is 5. The Morgan fingerprint density at radius 3 is 0.977 bits per heavy atom. The number of aryl methyl sites for hydroxylation is 4. The molecule has 6 rings (SSSR count). The van der Waals surface area contributed by atoms with Crippen LogP contribution in [0.1, 0.15) is 58.4 Å². The van der Waals surface area contributed by atoms with Crippen LogP contribution >= 0.6 is 8.53 Å². The van der Waals surface area contributed by atoms with Crippen LogP contribution in [0.15, 0.2) is 97.1 Å². The molecule has 0 unspecified atom stereocenters. The molecule has 5 nitrogen and oxygen atoms in total. The van der Waals surface area contributed by atoms with Crippen LogP contribution in [0.25, 0.3) is 0 Å². The Hall–Kier alpha value is -2.89. The molecule has 0 amide bonds. The fraction of sp³-hybridized carbons (Fsp3) is 0.351. The van der Waals surface area contributed by atoms with Crippen LogP contribution in [0, 0.1) is 27.7 Å². The molecule has 4 aromatic rings. The number of nitrogens with zero attached hydrogens (tertiary/aromatic N) is 1. The Kier molecular flexibility index (Phi) is 7.88. The summed E-state index contributed by atoms with van der Waals surface area (Å²) in [7, 11) is 2.39. The molecule has 0 radical (unpaired) electrons. The Labute approximate surface area is 257 Å². The van der Waals surface area contributed by atoms with Crippen LogP contribution in [0.5, 0.6) is 0 Å². The van der Waals surface area contributed by atoms with Crippen LogP contribution < -0.4 is 0 Å². The van der Waals surface area contributed by atoms with E-state index in [1.54, 1.807) is 0 Å². The fourth-order valence-corrected chi connectivity index (χ4v) is 7.78.